The van der Waals surface area contributed by atoms with E-state index in [1.807, 2.05) is 11.6 Å². The fraction of sp³-hybridized carbons (Fsp3) is 0.714. The van der Waals surface area contributed by atoms with Crippen LogP contribution in [0.2, 0.25) is 0 Å². The van der Waals surface area contributed by atoms with Gasteiger partial charge in [-0.05, 0) is 25.8 Å². The number of aryl methyl sites for hydroxylation is 2. The van der Waals surface area contributed by atoms with Crippen molar-refractivity contribution in [1.82, 2.24) is 20.0 Å². The highest BCUT2D eigenvalue weighted by molar-refractivity contribution is 5.74. The molecule has 6 nitrogen and oxygen atoms in total. The second-order valence-electron chi connectivity index (χ2n) is 5.50. The van der Waals surface area contributed by atoms with E-state index in [9.17, 15) is 4.79 Å². The molecule has 0 spiro atoms. The standard InChI is InChI=1S/C14H24N4O2/c1-11(10-18-13(3)8-12(2)16-18)9-15-14(19)17-4-6-20-7-5-17/h8,11H,4-7,9-10H2,1-3H3,(H,15,19)/t11-/m1/s1. The van der Waals surface area contributed by atoms with Crippen LogP contribution in [0.3, 0.4) is 0 Å². The Hall–Kier alpha value is -1.56. The predicted molar refractivity (Wildman–Crippen MR) is 76.7 cm³/mol. The minimum atomic E-state index is 0.00789. The molecule has 1 saturated heterocycles. The number of nitrogens with one attached hydrogen (secondary N) is 1. The molecule has 2 amide bonds. The number of rotatable bonds is 4. The van der Waals surface area contributed by atoms with Crippen LogP contribution in [0.15, 0.2) is 6.07 Å². The molecular weight excluding hydrogens is 256 g/mol. The molecule has 2 heterocycles. The van der Waals surface area contributed by atoms with Crippen LogP contribution in [0.1, 0.15) is 18.3 Å². The second kappa shape index (κ2) is 6.74. The van der Waals surface area contributed by atoms with Crippen molar-refractivity contribution in [2.24, 2.45) is 5.92 Å². The van der Waals surface area contributed by atoms with Gasteiger partial charge >= 0.3 is 6.03 Å². The molecule has 0 unspecified atom stereocenters. The number of hydrogen-bond acceptors (Lipinski definition) is 3. The highest BCUT2D eigenvalue weighted by Gasteiger charge is 2.17. The van der Waals surface area contributed by atoms with E-state index in [1.165, 1.54) is 0 Å². The lowest BCUT2D eigenvalue weighted by Gasteiger charge is -2.27. The minimum Gasteiger partial charge on any atom is -0.378 e. The summed E-state index contributed by atoms with van der Waals surface area (Å²) in [5, 5.41) is 7.43. The van der Waals surface area contributed by atoms with Crippen molar-refractivity contribution in [1.29, 1.82) is 0 Å². The first-order valence-corrected chi connectivity index (χ1v) is 7.18. The van der Waals surface area contributed by atoms with Crippen molar-refractivity contribution in [3.63, 3.8) is 0 Å². The number of hydrogen-bond donors (Lipinski definition) is 1. The number of carbonyl (C=O) groups excluding carboxylic acids is 1. The Labute approximate surface area is 120 Å². The van der Waals surface area contributed by atoms with E-state index >= 15 is 0 Å². The molecule has 1 fully saturated rings. The maximum absolute atomic E-state index is 12.0. The molecule has 0 aliphatic carbocycles. The third-order valence-corrected chi connectivity index (χ3v) is 3.49. The molecule has 1 aromatic rings. The molecule has 1 aromatic heterocycles. The largest absolute Gasteiger partial charge is 0.378 e. The van der Waals surface area contributed by atoms with Crippen molar-refractivity contribution >= 4 is 6.03 Å². The monoisotopic (exact) mass is 280 g/mol. The average Bonchev–Trinajstić information content (AvgIpc) is 2.75. The summed E-state index contributed by atoms with van der Waals surface area (Å²) in [7, 11) is 0. The van der Waals surface area contributed by atoms with Crippen molar-refractivity contribution in [2.75, 3.05) is 32.8 Å². The Morgan fingerprint density at radius 3 is 2.75 bits per heavy atom. The summed E-state index contributed by atoms with van der Waals surface area (Å²) in [6.45, 7) is 10.3. The second-order valence-corrected chi connectivity index (χ2v) is 5.50. The topological polar surface area (TPSA) is 59.4 Å². The summed E-state index contributed by atoms with van der Waals surface area (Å²) in [6, 6.07) is 2.08. The quantitative estimate of drug-likeness (QED) is 0.901. The number of nitrogens with zero attached hydrogens (tertiary/aromatic N) is 3. The molecule has 1 aliphatic heterocycles. The predicted octanol–water partition coefficient (Wildman–Crippen LogP) is 1.18. The van der Waals surface area contributed by atoms with E-state index in [1.54, 1.807) is 4.90 Å². The van der Waals surface area contributed by atoms with Crippen molar-refractivity contribution < 1.29 is 9.53 Å². The van der Waals surface area contributed by atoms with Crippen molar-refractivity contribution in [3.8, 4) is 0 Å². The van der Waals surface area contributed by atoms with Gasteiger partial charge in [-0.3, -0.25) is 4.68 Å². The van der Waals surface area contributed by atoms with Crippen LogP contribution >= 0.6 is 0 Å². The lowest BCUT2D eigenvalue weighted by Crippen LogP contribution is -2.47. The molecule has 0 bridgehead atoms. The first-order valence-electron chi connectivity index (χ1n) is 7.18. The zero-order valence-electron chi connectivity index (χ0n) is 12.6. The van der Waals surface area contributed by atoms with E-state index in [0.717, 1.165) is 17.9 Å². The van der Waals surface area contributed by atoms with Gasteiger partial charge in [0.25, 0.3) is 0 Å². The number of urea groups is 1. The van der Waals surface area contributed by atoms with Crippen LogP contribution in [-0.4, -0.2) is 53.6 Å². The summed E-state index contributed by atoms with van der Waals surface area (Å²) < 4.78 is 7.24. The molecule has 1 atom stereocenters. The van der Waals surface area contributed by atoms with Gasteiger partial charge in [0.05, 0.1) is 18.9 Å². The minimum absolute atomic E-state index is 0.00789. The molecule has 1 N–H and O–H groups in total. The van der Waals surface area contributed by atoms with E-state index in [-0.39, 0.29) is 6.03 Å². The number of aromatic nitrogens is 2. The summed E-state index contributed by atoms with van der Waals surface area (Å²) in [6.07, 6.45) is 0. The van der Waals surface area contributed by atoms with Gasteiger partial charge < -0.3 is 15.0 Å². The van der Waals surface area contributed by atoms with Crippen LogP contribution in [0.4, 0.5) is 4.79 Å². The molecule has 0 aromatic carbocycles. The molecule has 0 radical (unpaired) electrons. The lowest BCUT2D eigenvalue weighted by molar-refractivity contribution is 0.0530. The van der Waals surface area contributed by atoms with Crippen LogP contribution in [0.5, 0.6) is 0 Å². The Balaban J connectivity index is 1.75. The van der Waals surface area contributed by atoms with Crippen LogP contribution in [-0.2, 0) is 11.3 Å². The van der Waals surface area contributed by atoms with Gasteiger partial charge in [-0.25, -0.2) is 4.79 Å². The van der Waals surface area contributed by atoms with Gasteiger partial charge in [0.15, 0.2) is 0 Å². The average molecular weight is 280 g/mol. The van der Waals surface area contributed by atoms with Gasteiger partial charge in [-0.1, -0.05) is 6.92 Å². The third-order valence-electron chi connectivity index (χ3n) is 3.49. The number of amides is 2. The Kier molecular flexibility index (Phi) is 5.00. The number of ether oxygens (including phenoxy) is 1. The molecular formula is C14H24N4O2. The zero-order valence-corrected chi connectivity index (χ0v) is 12.6. The highest BCUT2D eigenvalue weighted by Crippen LogP contribution is 2.06. The SMILES string of the molecule is Cc1cc(C)n(C[C@H](C)CNC(=O)N2CCOCC2)n1. The first-order chi connectivity index (χ1) is 9.56. The third kappa shape index (κ3) is 3.96. The number of carbonyl (C=O) groups is 1. The van der Waals surface area contributed by atoms with Crippen LogP contribution in [0.25, 0.3) is 0 Å². The van der Waals surface area contributed by atoms with Crippen molar-refractivity contribution in [2.45, 2.75) is 27.3 Å². The van der Waals surface area contributed by atoms with Gasteiger partial charge in [0.1, 0.15) is 0 Å². The summed E-state index contributed by atoms with van der Waals surface area (Å²) in [4.78, 5) is 13.8. The Morgan fingerprint density at radius 1 is 1.45 bits per heavy atom. The Morgan fingerprint density at radius 2 is 2.15 bits per heavy atom. The lowest BCUT2D eigenvalue weighted by atomic mass is 10.2. The van der Waals surface area contributed by atoms with E-state index in [0.29, 0.717) is 38.8 Å². The van der Waals surface area contributed by atoms with Gasteiger partial charge in [0, 0.05) is 31.9 Å². The highest BCUT2D eigenvalue weighted by atomic mass is 16.5. The summed E-state index contributed by atoms with van der Waals surface area (Å²) in [5.41, 5.74) is 2.20. The van der Waals surface area contributed by atoms with Crippen LogP contribution < -0.4 is 5.32 Å². The molecule has 6 heteroatoms. The first kappa shape index (κ1) is 14.8. The van der Waals surface area contributed by atoms with E-state index < -0.39 is 0 Å². The molecule has 20 heavy (non-hydrogen) atoms. The fourth-order valence-electron chi connectivity index (χ4n) is 2.36. The fourth-order valence-corrected chi connectivity index (χ4v) is 2.36. The molecule has 1 aliphatic rings. The summed E-state index contributed by atoms with van der Waals surface area (Å²) >= 11 is 0. The Bertz CT molecular complexity index is 452. The van der Waals surface area contributed by atoms with Gasteiger partial charge in [-0.15, -0.1) is 0 Å². The van der Waals surface area contributed by atoms with E-state index in [4.69, 9.17) is 4.74 Å². The van der Waals surface area contributed by atoms with Crippen LogP contribution in [0, 0.1) is 19.8 Å². The number of morpholine rings is 1. The van der Waals surface area contributed by atoms with Crippen molar-refractivity contribution in [3.05, 3.63) is 17.5 Å². The van der Waals surface area contributed by atoms with Gasteiger partial charge in [0.2, 0.25) is 0 Å². The normalized spacial score (nSPS) is 17.1. The smallest absolute Gasteiger partial charge is 0.317 e. The zero-order chi connectivity index (χ0) is 14.5. The molecule has 2 rings (SSSR count). The molecule has 112 valence electrons. The maximum atomic E-state index is 12.0. The molecule has 0 saturated carbocycles. The summed E-state index contributed by atoms with van der Waals surface area (Å²) in [5.74, 6) is 0.345. The van der Waals surface area contributed by atoms with Gasteiger partial charge in [-0.2, -0.15) is 5.10 Å². The van der Waals surface area contributed by atoms with E-state index in [2.05, 4.69) is 30.3 Å². The maximum Gasteiger partial charge on any atom is 0.317 e.